The van der Waals surface area contributed by atoms with E-state index in [2.05, 4.69) is 0 Å². The monoisotopic (exact) mass is 270 g/mol. The van der Waals surface area contributed by atoms with Crippen molar-refractivity contribution in [2.75, 3.05) is 0 Å². The van der Waals surface area contributed by atoms with Crippen molar-refractivity contribution in [3.63, 3.8) is 0 Å². The summed E-state index contributed by atoms with van der Waals surface area (Å²) in [5.74, 6) is -0.344. The average molecular weight is 270 g/mol. The first-order valence-electron chi connectivity index (χ1n) is 6.52. The summed E-state index contributed by atoms with van der Waals surface area (Å²) in [4.78, 5) is 13.7. The van der Waals surface area contributed by atoms with Crippen molar-refractivity contribution in [2.24, 2.45) is 5.73 Å². The number of hydrogen-bond acceptors (Lipinski definition) is 2. The Morgan fingerprint density at radius 3 is 2.35 bits per heavy atom. The summed E-state index contributed by atoms with van der Waals surface area (Å²) >= 11 is 0. The summed E-state index contributed by atoms with van der Waals surface area (Å²) in [5.41, 5.74) is 7.84. The predicted octanol–water partition coefficient (Wildman–Crippen LogP) is 2.24. The van der Waals surface area contributed by atoms with Crippen LogP contribution >= 0.6 is 0 Å². The molecule has 1 fully saturated rings. The molecule has 3 nitrogen and oxygen atoms in total. The van der Waals surface area contributed by atoms with E-state index in [1.807, 2.05) is 30.3 Å². The van der Waals surface area contributed by atoms with E-state index in [9.17, 15) is 9.18 Å². The smallest absolute Gasteiger partial charge is 0.242 e. The fraction of sp³-hybridized carbons (Fsp3) is 0.188. The average Bonchev–Trinajstić information content (AvgIpc) is 2.49. The number of hydrogen-bond donors (Lipinski definition) is 1. The van der Waals surface area contributed by atoms with Crippen LogP contribution in [0.3, 0.4) is 0 Å². The van der Waals surface area contributed by atoms with Crippen LogP contribution in [0.4, 0.5) is 4.39 Å². The van der Waals surface area contributed by atoms with E-state index in [1.165, 1.54) is 12.1 Å². The number of rotatable bonds is 3. The maximum Gasteiger partial charge on any atom is 0.242 e. The molecular formula is C16H15FN2O. The van der Waals surface area contributed by atoms with Crippen molar-refractivity contribution in [2.45, 2.75) is 18.6 Å². The Bertz CT molecular complexity index is 612. The van der Waals surface area contributed by atoms with Crippen LogP contribution in [0.25, 0.3) is 0 Å². The molecule has 1 amide bonds. The summed E-state index contributed by atoms with van der Waals surface area (Å²) in [6.45, 7) is 0.451. The van der Waals surface area contributed by atoms with Crippen molar-refractivity contribution in [1.82, 2.24) is 4.90 Å². The number of likely N-dealkylation sites (tertiary alicyclic amines) is 1. The molecule has 0 radical (unpaired) electrons. The van der Waals surface area contributed by atoms with Crippen molar-refractivity contribution < 1.29 is 9.18 Å². The summed E-state index contributed by atoms with van der Waals surface area (Å²) in [7, 11) is 0. The van der Waals surface area contributed by atoms with Gasteiger partial charge in [-0.25, -0.2) is 4.39 Å². The topological polar surface area (TPSA) is 46.3 Å². The SMILES string of the molecule is N[C@H]1C(=O)N(Cc2ccc(F)cc2)[C@@H]1c1ccccc1. The molecule has 1 heterocycles. The molecule has 4 heteroatoms. The summed E-state index contributed by atoms with van der Waals surface area (Å²) in [6.07, 6.45) is 0. The molecule has 1 aliphatic heterocycles. The van der Waals surface area contributed by atoms with Crippen LogP contribution in [-0.4, -0.2) is 16.8 Å². The van der Waals surface area contributed by atoms with E-state index in [4.69, 9.17) is 5.73 Å². The molecule has 1 aliphatic rings. The first-order chi connectivity index (χ1) is 9.66. The number of carbonyl (C=O) groups is 1. The minimum absolute atomic E-state index is 0.0665. The van der Waals surface area contributed by atoms with Gasteiger partial charge in [0.05, 0.1) is 6.04 Å². The standard InChI is InChI=1S/C16H15FN2O/c17-13-8-6-11(7-9-13)10-19-15(14(18)16(19)20)12-4-2-1-3-5-12/h1-9,14-15H,10,18H2/t14-,15-/m1/s1. The van der Waals surface area contributed by atoms with Gasteiger partial charge in [0.2, 0.25) is 5.91 Å². The van der Waals surface area contributed by atoms with Gasteiger partial charge >= 0.3 is 0 Å². The number of halogens is 1. The molecule has 2 aromatic carbocycles. The minimum atomic E-state index is -0.488. The predicted molar refractivity (Wildman–Crippen MR) is 74.1 cm³/mol. The van der Waals surface area contributed by atoms with Gasteiger partial charge in [-0.1, -0.05) is 42.5 Å². The Morgan fingerprint density at radius 1 is 1.05 bits per heavy atom. The molecule has 2 N–H and O–H groups in total. The fourth-order valence-corrected chi connectivity index (χ4v) is 2.58. The van der Waals surface area contributed by atoms with Gasteiger partial charge in [-0.2, -0.15) is 0 Å². The lowest BCUT2D eigenvalue weighted by Gasteiger charge is -2.45. The first-order valence-corrected chi connectivity index (χ1v) is 6.52. The second-order valence-electron chi connectivity index (χ2n) is 4.97. The van der Waals surface area contributed by atoms with Gasteiger partial charge in [0.25, 0.3) is 0 Å². The number of β-lactam (4-membered cyclic amide) rings is 1. The fourth-order valence-electron chi connectivity index (χ4n) is 2.58. The molecule has 0 bridgehead atoms. The highest BCUT2D eigenvalue weighted by Gasteiger charge is 2.45. The first kappa shape index (κ1) is 12.8. The molecule has 0 saturated carbocycles. The van der Waals surface area contributed by atoms with Crippen LogP contribution < -0.4 is 5.73 Å². The van der Waals surface area contributed by atoms with Crippen molar-refractivity contribution >= 4 is 5.91 Å². The van der Waals surface area contributed by atoms with Crippen LogP contribution in [0.5, 0.6) is 0 Å². The third-order valence-corrected chi connectivity index (χ3v) is 3.65. The van der Waals surface area contributed by atoms with Crippen molar-refractivity contribution in [1.29, 1.82) is 0 Å². The molecule has 0 aromatic heterocycles. The second kappa shape index (κ2) is 5.06. The molecule has 102 valence electrons. The number of benzene rings is 2. The zero-order chi connectivity index (χ0) is 14.1. The van der Waals surface area contributed by atoms with Crippen molar-refractivity contribution in [3.05, 3.63) is 71.5 Å². The lowest BCUT2D eigenvalue weighted by Crippen LogP contribution is -2.62. The largest absolute Gasteiger partial charge is 0.328 e. The van der Waals surface area contributed by atoms with Crippen LogP contribution in [-0.2, 0) is 11.3 Å². The molecule has 3 rings (SSSR count). The Hall–Kier alpha value is -2.20. The van der Waals surface area contributed by atoms with Crippen molar-refractivity contribution in [3.8, 4) is 0 Å². The highest BCUT2D eigenvalue weighted by Crippen LogP contribution is 2.34. The third kappa shape index (κ3) is 2.18. The van der Waals surface area contributed by atoms with Crippen LogP contribution in [0.2, 0.25) is 0 Å². The third-order valence-electron chi connectivity index (χ3n) is 3.65. The van der Waals surface area contributed by atoms with E-state index in [0.717, 1.165) is 11.1 Å². The summed E-state index contributed by atoms with van der Waals surface area (Å²) < 4.78 is 12.9. The van der Waals surface area contributed by atoms with E-state index in [0.29, 0.717) is 6.54 Å². The lowest BCUT2D eigenvalue weighted by molar-refractivity contribution is -0.150. The molecule has 20 heavy (non-hydrogen) atoms. The van der Waals surface area contributed by atoms with Gasteiger partial charge in [-0.05, 0) is 23.3 Å². The molecule has 1 saturated heterocycles. The Balaban J connectivity index is 1.81. The van der Waals surface area contributed by atoms with Gasteiger partial charge in [-0.3, -0.25) is 4.79 Å². The van der Waals surface area contributed by atoms with Crippen LogP contribution in [0, 0.1) is 5.82 Å². The Labute approximate surface area is 116 Å². The maximum absolute atomic E-state index is 12.9. The zero-order valence-electron chi connectivity index (χ0n) is 10.9. The highest BCUT2D eigenvalue weighted by molar-refractivity contribution is 5.89. The second-order valence-corrected chi connectivity index (χ2v) is 4.97. The van der Waals surface area contributed by atoms with Gasteiger partial charge in [0.15, 0.2) is 0 Å². The number of carbonyl (C=O) groups excluding carboxylic acids is 1. The van der Waals surface area contributed by atoms with E-state index < -0.39 is 6.04 Å². The van der Waals surface area contributed by atoms with E-state index in [-0.39, 0.29) is 17.8 Å². The lowest BCUT2D eigenvalue weighted by atomic mass is 9.88. The molecule has 2 atom stereocenters. The van der Waals surface area contributed by atoms with Crippen LogP contribution in [0.1, 0.15) is 17.2 Å². The molecule has 0 aliphatic carbocycles. The van der Waals surface area contributed by atoms with E-state index >= 15 is 0 Å². The quantitative estimate of drug-likeness (QED) is 0.869. The Kier molecular flexibility index (Phi) is 3.24. The molecular weight excluding hydrogens is 255 g/mol. The minimum Gasteiger partial charge on any atom is -0.328 e. The van der Waals surface area contributed by atoms with Gasteiger partial charge in [0.1, 0.15) is 11.9 Å². The van der Waals surface area contributed by atoms with Gasteiger partial charge in [0, 0.05) is 6.54 Å². The highest BCUT2D eigenvalue weighted by atomic mass is 19.1. The van der Waals surface area contributed by atoms with Crippen LogP contribution in [0.15, 0.2) is 54.6 Å². The van der Waals surface area contributed by atoms with Gasteiger partial charge in [-0.15, -0.1) is 0 Å². The number of nitrogens with two attached hydrogens (primary N) is 1. The molecule has 2 aromatic rings. The molecule has 0 unspecified atom stereocenters. The number of amides is 1. The summed E-state index contributed by atoms with van der Waals surface area (Å²) in [6, 6.07) is 15.3. The summed E-state index contributed by atoms with van der Waals surface area (Å²) in [5, 5.41) is 0. The van der Waals surface area contributed by atoms with E-state index in [1.54, 1.807) is 17.0 Å². The number of nitrogens with zero attached hydrogens (tertiary/aromatic N) is 1. The van der Waals surface area contributed by atoms with Gasteiger partial charge < -0.3 is 10.6 Å². The zero-order valence-corrected chi connectivity index (χ0v) is 10.9. The Morgan fingerprint density at radius 2 is 1.70 bits per heavy atom. The normalized spacial score (nSPS) is 21.7. The maximum atomic E-state index is 12.9. The molecule has 0 spiro atoms.